The first-order valence-corrected chi connectivity index (χ1v) is 7.69. The molecule has 2 rings (SSSR count). The first-order valence-electron chi connectivity index (χ1n) is 7.31. The van der Waals surface area contributed by atoms with Gasteiger partial charge in [0.05, 0.1) is 13.5 Å². The van der Waals surface area contributed by atoms with E-state index in [1.54, 1.807) is 20.3 Å². The second-order valence-electron chi connectivity index (χ2n) is 5.04. The number of hydrogen-bond acceptors (Lipinski definition) is 3. The summed E-state index contributed by atoms with van der Waals surface area (Å²) in [4.78, 5) is 12.1. The monoisotopic (exact) mass is 333 g/mol. The highest BCUT2D eigenvalue weighted by Crippen LogP contribution is 2.26. The van der Waals surface area contributed by atoms with E-state index in [2.05, 4.69) is 5.32 Å². The van der Waals surface area contributed by atoms with E-state index in [-0.39, 0.29) is 18.4 Å². The van der Waals surface area contributed by atoms with E-state index < -0.39 is 0 Å². The third-order valence-corrected chi connectivity index (χ3v) is 3.93. The molecule has 1 N–H and O–H groups in total. The average molecular weight is 334 g/mol. The molecule has 0 bridgehead atoms. The van der Waals surface area contributed by atoms with Gasteiger partial charge in [-0.25, -0.2) is 0 Å². The van der Waals surface area contributed by atoms with Crippen molar-refractivity contribution in [2.75, 3.05) is 20.8 Å². The Morgan fingerprint density at radius 1 is 1.13 bits per heavy atom. The van der Waals surface area contributed by atoms with E-state index in [4.69, 9.17) is 21.1 Å². The number of amides is 1. The summed E-state index contributed by atoms with van der Waals surface area (Å²) < 4.78 is 10.8. The molecule has 122 valence electrons. The van der Waals surface area contributed by atoms with Crippen LogP contribution in [0.5, 0.6) is 5.75 Å². The molecular weight excluding hydrogens is 314 g/mol. The van der Waals surface area contributed by atoms with E-state index in [1.165, 1.54) is 0 Å². The quantitative estimate of drug-likeness (QED) is 0.844. The Labute approximate surface area is 141 Å². The van der Waals surface area contributed by atoms with Crippen molar-refractivity contribution in [1.29, 1.82) is 0 Å². The first kappa shape index (κ1) is 17.3. The minimum Gasteiger partial charge on any atom is -0.496 e. The van der Waals surface area contributed by atoms with Crippen LogP contribution in [0.15, 0.2) is 48.5 Å². The number of methoxy groups -OCH3 is 2. The zero-order chi connectivity index (χ0) is 16.7. The first-order chi connectivity index (χ1) is 11.2. The lowest BCUT2D eigenvalue weighted by Crippen LogP contribution is -2.30. The molecule has 0 aliphatic carbocycles. The molecule has 0 spiro atoms. The molecule has 0 saturated heterocycles. The van der Waals surface area contributed by atoms with Crippen LogP contribution in [0.3, 0.4) is 0 Å². The Hall–Kier alpha value is -2.04. The van der Waals surface area contributed by atoms with E-state index >= 15 is 0 Å². The Morgan fingerprint density at radius 2 is 1.83 bits per heavy atom. The van der Waals surface area contributed by atoms with Crippen LogP contribution < -0.4 is 10.1 Å². The number of ether oxygens (including phenoxy) is 2. The molecule has 2 aromatic rings. The maximum absolute atomic E-state index is 12.1. The average Bonchev–Trinajstić information content (AvgIpc) is 2.58. The van der Waals surface area contributed by atoms with Gasteiger partial charge in [0.15, 0.2) is 0 Å². The third kappa shape index (κ3) is 4.71. The highest BCUT2D eigenvalue weighted by Gasteiger charge is 2.16. The van der Waals surface area contributed by atoms with Gasteiger partial charge < -0.3 is 14.8 Å². The number of carbonyl (C=O) groups is 1. The number of benzene rings is 2. The summed E-state index contributed by atoms with van der Waals surface area (Å²) in [7, 11) is 3.22. The van der Waals surface area contributed by atoms with Crippen molar-refractivity contribution in [2.24, 2.45) is 0 Å². The Kier molecular flexibility index (Phi) is 6.44. The number of nitrogens with one attached hydrogen (secondary N) is 1. The topological polar surface area (TPSA) is 47.6 Å². The van der Waals surface area contributed by atoms with Crippen LogP contribution in [0.1, 0.15) is 17.2 Å². The highest BCUT2D eigenvalue weighted by molar-refractivity contribution is 6.31. The van der Waals surface area contributed by atoms with Crippen molar-refractivity contribution in [3.8, 4) is 5.75 Å². The van der Waals surface area contributed by atoms with E-state index in [1.807, 2.05) is 42.5 Å². The summed E-state index contributed by atoms with van der Waals surface area (Å²) in [5.41, 5.74) is 1.70. The van der Waals surface area contributed by atoms with Gasteiger partial charge in [0.1, 0.15) is 11.9 Å². The van der Waals surface area contributed by atoms with Crippen molar-refractivity contribution in [3.63, 3.8) is 0 Å². The molecule has 0 heterocycles. The van der Waals surface area contributed by atoms with Crippen LogP contribution in [0.2, 0.25) is 5.02 Å². The van der Waals surface area contributed by atoms with E-state index in [0.717, 1.165) is 16.9 Å². The molecule has 0 saturated carbocycles. The molecule has 2 aromatic carbocycles. The van der Waals surface area contributed by atoms with Gasteiger partial charge in [-0.1, -0.05) is 48.0 Å². The van der Waals surface area contributed by atoms with Crippen LogP contribution in [-0.2, 0) is 16.0 Å². The van der Waals surface area contributed by atoms with Gasteiger partial charge in [-0.15, -0.1) is 0 Å². The molecule has 0 fully saturated rings. The van der Waals surface area contributed by atoms with Gasteiger partial charge in [0, 0.05) is 24.2 Å². The smallest absolute Gasteiger partial charge is 0.224 e. The fraction of sp³-hybridized carbons (Fsp3) is 0.278. The van der Waals surface area contributed by atoms with Gasteiger partial charge in [-0.05, 0) is 17.7 Å². The Bertz CT molecular complexity index is 660. The molecule has 4 nitrogen and oxygen atoms in total. The van der Waals surface area contributed by atoms with Crippen molar-refractivity contribution < 1.29 is 14.3 Å². The summed E-state index contributed by atoms with van der Waals surface area (Å²) in [6.07, 6.45) is -0.0384. The van der Waals surface area contributed by atoms with Gasteiger partial charge in [0.25, 0.3) is 0 Å². The maximum atomic E-state index is 12.1. The van der Waals surface area contributed by atoms with Crippen molar-refractivity contribution in [2.45, 2.75) is 12.5 Å². The number of para-hydroxylation sites is 1. The summed E-state index contributed by atoms with van der Waals surface area (Å²) in [5.74, 6) is 0.634. The fourth-order valence-electron chi connectivity index (χ4n) is 2.34. The lowest BCUT2D eigenvalue weighted by molar-refractivity contribution is -0.121. The van der Waals surface area contributed by atoms with Crippen LogP contribution in [-0.4, -0.2) is 26.7 Å². The van der Waals surface area contributed by atoms with Crippen LogP contribution >= 0.6 is 11.6 Å². The summed E-state index contributed by atoms with van der Waals surface area (Å²) in [6, 6.07) is 14.9. The number of rotatable bonds is 7. The molecule has 23 heavy (non-hydrogen) atoms. The predicted molar refractivity (Wildman–Crippen MR) is 90.9 cm³/mol. The van der Waals surface area contributed by atoms with Crippen molar-refractivity contribution >= 4 is 17.5 Å². The van der Waals surface area contributed by atoms with Gasteiger partial charge in [0.2, 0.25) is 5.91 Å². The largest absolute Gasteiger partial charge is 0.496 e. The van der Waals surface area contributed by atoms with E-state index in [0.29, 0.717) is 11.6 Å². The molecule has 0 aromatic heterocycles. The SMILES string of the molecule is COc1ccccc1[C@@H](CNC(=O)Cc1ccccc1Cl)OC. The van der Waals surface area contributed by atoms with E-state index in [9.17, 15) is 4.79 Å². The zero-order valence-corrected chi connectivity index (χ0v) is 14.0. The Morgan fingerprint density at radius 3 is 2.52 bits per heavy atom. The summed E-state index contributed by atoms with van der Waals surface area (Å²) in [6.45, 7) is 0.361. The predicted octanol–water partition coefficient (Wildman–Crippen LogP) is 3.40. The molecule has 1 amide bonds. The second kappa shape index (κ2) is 8.56. The lowest BCUT2D eigenvalue weighted by atomic mass is 10.1. The molecule has 0 aliphatic rings. The molecule has 5 heteroatoms. The number of halogens is 1. The third-order valence-electron chi connectivity index (χ3n) is 3.56. The molecular formula is C18H20ClNO3. The van der Waals surface area contributed by atoms with Gasteiger partial charge in [-0.3, -0.25) is 4.79 Å². The normalized spacial score (nSPS) is 11.8. The lowest BCUT2D eigenvalue weighted by Gasteiger charge is -2.19. The fourth-order valence-corrected chi connectivity index (χ4v) is 2.54. The van der Waals surface area contributed by atoms with Crippen LogP contribution in [0, 0.1) is 0 Å². The molecule has 0 radical (unpaired) electrons. The second-order valence-corrected chi connectivity index (χ2v) is 5.45. The van der Waals surface area contributed by atoms with Crippen molar-refractivity contribution in [1.82, 2.24) is 5.32 Å². The number of hydrogen-bond donors (Lipinski definition) is 1. The minimum absolute atomic E-state index is 0.102. The Balaban J connectivity index is 1.98. The van der Waals surface area contributed by atoms with Crippen LogP contribution in [0.4, 0.5) is 0 Å². The summed E-state index contributed by atoms with van der Waals surface area (Å²) in [5, 5.41) is 3.47. The minimum atomic E-state index is -0.277. The molecule has 0 unspecified atom stereocenters. The number of carbonyl (C=O) groups excluding carboxylic acids is 1. The zero-order valence-electron chi connectivity index (χ0n) is 13.2. The molecule has 1 atom stereocenters. The maximum Gasteiger partial charge on any atom is 0.224 e. The van der Waals surface area contributed by atoms with Gasteiger partial charge >= 0.3 is 0 Å². The summed E-state index contributed by atoms with van der Waals surface area (Å²) >= 11 is 6.07. The van der Waals surface area contributed by atoms with Crippen LogP contribution in [0.25, 0.3) is 0 Å². The van der Waals surface area contributed by atoms with Crippen molar-refractivity contribution in [3.05, 3.63) is 64.7 Å². The highest BCUT2D eigenvalue weighted by atomic mass is 35.5. The molecule has 0 aliphatic heterocycles. The van der Waals surface area contributed by atoms with Gasteiger partial charge in [-0.2, -0.15) is 0 Å². The standard InChI is InChI=1S/C18H20ClNO3/c1-22-16-10-6-4-8-14(16)17(23-2)12-20-18(21)11-13-7-3-5-9-15(13)19/h3-10,17H,11-12H2,1-2H3,(H,20,21)/t17-/m1/s1.